The Labute approximate surface area is 264 Å². The maximum atomic E-state index is 13.1. The van der Waals surface area contributed by atoms with E-state index < -0.39 is 6.04 Å². The van der Waals surface area contributed by atoms with E-state index in [4.69, 9.17) is 19.9 Å². The lowest BCUT2D eigenvalue weighted by atomic mass is 10.1. The minimum atomic E-state index is -0.724. The van der Waals surface area contributed by atoms with Crippen LogP contribution in [0.3, 0.4) is 0 Å². The largest absolute Gasteiger partial charge is 0.493 e. The number of carbonyl (C=O) groups is 1. The Morgan fingerprint density at radius 2 is 1.32 bits per heavy atom. The van der Waals surface area contributed by atoms with Crippen LogP contribution in [0.25, 0.3) is 0 Å². The Bertz CT molecular complexity index is 1210. The number of nitrogens with zero attached hydrogens (tertiary/aromatic N) is 2. The summed E-state index contributed by atoms with van der Waals surface area (Å²) < 4.78 is 18.1. The van der Waals surface area contributed by atoms with Crippen LogP contribution < -0.4 is 25.3 Å². The quantitative estimate of drug-likeness (QED) is 0.144. The van der Waals surface area contributed by atoms with Gasteiger partial charge in [0.1, 0.15) is 23.9 Å². The fourth-order valence-corrected chi connectivity index (χ4v) is 4.88. The molecule has 1 amide bonds. The van der Waals surface area contributed by atoms with Crippen LogP contribution in [0.5, 0.6) is 17.2 Å². The van der Waals surface area contributed by atoms with E-state index in [1.807, 2.05) is 72.8 Å². The number of nitrogens with one attached hydrogen (secondary N) is 1. The fraction of sp³-hybridized carbons (Fsp3) is 0.472. The normalized spacial score (nSPS) is 11.9. The van der Waals surface area contributed by atoms with E-state index in [0.29, 0.717) is 37.7 Å². The predicted molar refractivity (Wildman–Crippen MR) is 180 cm³/mol. The van der Waals surface area contributed by atoms with E-state index in [-0.39, 0.29) is 5.91 Å². The molecule has 0 saturated carbocycles. The Hall–Kier alpha value is -3.59. The molecule has 3 aromatic carbocycles. The molecule has 0 fully saturated rings. The van der Waals surface area contributed by atoms with Gasteiger partial charge in [-0.25, -0.2) is 0 Å². The average Bonchev–Trinajstić information content (AvgIpc) is 3.06. The third-order valence-electron chi connectivity index (χ3n) is 7.73. The van der Waals surface area contributed by atoms with Crippen molar-refractivity contribution in [2.45, 2.75) is 59.6 Å². The van der Waals surface area contributed by atoms with Crippen LogP contribution in [-0.4, -0.2) is 74.2 Å². The van der Waals surface area contributed by atoms with Gasteiger partial charge in [0.25, 0.3) is 0 Å². The highest BCUT2D eigenvalue weighted by atomic mass is 16.5. The third-order valence-corrected chi connectivity index (χ3v) is 7.73. The minimum Gasteiger partial charge on any atom is -0.493 e. The molecule has 0 aromatic heterocycles. The van der Waals surface area contributed by atoms with Crippen LogP contribution in [0.2, 0.25) is 0 Å². The zero-order valence-electron chi connectivity index (χ0n) is 27.1. The minimum absolute atomic E-state index is 0.268. The van der Waals surface area contributed by atoms with Crippen LogP contribution in [-0.2, 0) is 17.8 Å². The van der Waals surface area contributed by atoms with E-state index in [9.17, 15) is 4.79 Å². The van der Waals surface area contributed by atoms with Crippen molar-refractivity contribution in [3.8, 4) is 17.2 Å². The van der Waals surface area contributed by atoms with Gasteiger partial charge in [0, 0.05) is 19.2 Å². The van der Waals surface area contributed by atoms with Crippen molar-refractivity contribution < 1.29 is 19.0 Å². The maximum Gasteiger partial charge on any atom is 0.241 e. The summed E-state index contributed by atoms with van der Waals surface area (Å²) >= 11 is 0. The van der Waals surface area contributed by atoms with Gasteiger partial charge < -0.3 is 35.1 Å². The zero-order chi connectivity index (χ0) is 31.6. The molecule has 240 valence electrons. The van der Waals surface area contributed by atoms with Crippen LogP contribution in [0, 0.1) is 0 Å². The van der Waals surface area contributed by atoms with E-state index in [1.54, 1.807) is 0 Å². The maximum absolute atomic E-state index is 13.1. The first-order chi connectivity index (χ1) is 21.4. The molecule has 0 saturated heterocycles. The molecular formula is C36H52N4O4. The van der Waals surface area contributed by atoms with Crippen LogP contribution in [0.4, 0.5) is 5.69 Å². The van der Waals surface area contributed by atoms with E-state index >= 15 is 0 Å². The van der Waals surface area contributed by atoms with Crippen molar-refractivity contribution in [3.63, 3.8) is 0 Å². The standard InChI is InChI=1S/C36H52N4O4/c1-5-39(6-2)22-12-24-42-32-20-21-34(35(27-32)43-25-13-23-40(7-3)8-4)38-36(41)33(37)26-29-16-18-31(19-17-29)44-28-30-14-10-9-11-15-30/h9-11,14-21,27,33H,5-8,12-13,22-26,28,37H2,1-4H3,(H,38,41). The summed E-state index contributed by atoms with van der Waals surface area (Å²) in [6.45, 7) is 16.4. The molecule has 1 unspecified atom stereocenters. The molecule has 0 spiro atoms. The molecule has 3 rings (SSSR count). The summed E-state index contributed by atoms with van der Waals surface area (Å²) in [7, 11) is 0. The first-order valence-electron chi connectivity index (χ1n) is 16.1. The zero-order valence-corrected chi connectivity index (χ0v) is 27.1. The van der Waals surface area contributed by atoms with Crippen molar-refractivity contribution >= 4 is 11.6 Å². The Morgan fingerprint density at radius 3 is 1.93 bits per heavy atom. The Kier molecular flexibility index (Phi) is 15.6. The lowest BCUT2D eigenvalue weighted by molar-refractivity contribution is -0.117. The van der Waals surface area contributed by atoms with Crippen molar-refractivity contribution in [1.29, 1.82) is 0 Å². The summed E-state index contributed by atoms with van der Waals surface area (Å²) in [4.78, 5) is 17.9. The number of hydrogen-bond donors (Lipinski definition) is 2. The highest BCUT2D eigenvalue weighted by Crippen LogP contribution is 2.30. The molecule has 0 bridgehead atoms. The molecule has 8 heteroatoms. The molecule has 0 aliphatic carbocycles. The number of nitrogens with two attached hydrogens (primary N) is 1. The number of carbonyl (C=O) groups excluding carboxylic acids is 1. The highest BCUT2D eigenvalue weighted by Gasteiger charge is 2.17. The summed E-state index contributed by atoms with van der Waals surface area (Å²) in [5.41, 5.74) is 9.00. The molecular weight excluding hydrogens is 552 g/mol. The average molecular weight is 605 g/mol. The fourth-order valence-electron chi connectivity index (χ4n) is 4.88. The molecule has 0 aliphatic rings. The number of rotatable bonds is 21. The van der Waals surface area contributed by atoms with Gasteiger partial charge >= 0.3 is 0 Å². The van der Waals surface area contributed by atoms with Gasteiger partial charge in [-0.2, -0.15) is 0 Å². The van der Waals surface area contributed by atoms with Gasteiger partial charge in [-0.05, 0) is 80.8 Å². The Balaban J connectivity index is 1.57. The third kappa shape index (κ3) is 12.2. The molecule has 3 aromatic rings. The molecule has 3 N–H and O–H groups in total. The van der Waals surface area contributed by atoms with Gasteiger partial charge in [0.2, 0.25) is 5.91 Å². The van der Waals surface area contributed by atoms with Gasteiger partial charge in [-0.15, -0.1) is 0 Å². The van der Waals surface area contributed by atoms with Gasteiger partial charge in [-0.3, -0.25) is 4.79 Å². The van der Waals surface area contributed by atoms with Gasteiger partial charge in [0.15, 0.2) is 0 Å². The molecule has 44 heavy (non-hydrogen) atoms. The lowest BCUT2D eigenvalue weighted by Crippen LogP contribution is -2.37. The second kappa shape index (κ2) is 19.6. The van der Waals surface area contributed by atoms with Crippen molar-refractivity contribution in [3.05, 3.63) is 83.9 Å². The Morgan fingerprint density at radius 1 is 0.727 bits per heavy atom. The van der Waals surface area contributed by atoms with Crippen molar-refractivity contribution in [1.82, 2.24) is 9.80 Å². The summed E-state index contributed by atoms with van der Waals surface area (Å²) in [5, 5.41) is 2.99. The molecule has 0 heterocycles. The van der Waals surface area contributed by atoms with E-state index in [1.165, 1.54) is 0 Å². The molecule has 8 nitrogen and oxygen atoms in total. The highest BCUT2D eigenvalue weighted by molar-refractivity contribution is 5.96. The molecule has 0 aliphatic heterocycles. The lowest BCUT2D eigenvalue weighted by Gasteiger charge is -2.20. The second-order valence-corrected chi connectivity index (χ2v) is 10.8. The number of anilines is 1. The monoisotopic (exact) mass is 604 g/mol. The van der Waals surface area contributed by atoms with Crippen LogP contribution in [0.1, 0.15) is 51.7 Å². The number of amides is 1. The predicted octanol–water partition coefficient (Wildman–Crippen LogP) is 6.00. The number of ether oxygens (including phenoxy) is 3. The number of benzene rings is 3. The molecule has 1 atom stereocenters. The van der Waals surface area contributed by atoms with Gasteiger partial charge in [-0.1, -0.05) is 70.2 Å². The smallest absolute Gasteiger partial charge is 0.241 e. The SMILES string of the molecule is CCN(CC)CCCOc1ccc(NC(=O)C(N)Cc2ccc(OCc3ccccc3)cc2)c(OCCCN(CC)CC)c1. The van der Waals surface area contributed by atoms with Crippen molar-refractivity contribution in [2.24, 2.45) is 5.73 Å². The van der Waals surface area contributed by atoms with Crippen LogP contribution >= 0.6 is 0 Å². The van der Waals surface area contributed by atoms with E-state index in [0.717, 1.165) is 74.7 Å². The topological polar surface area (TPSA) is 89.3 Å². The number of hydrogen-bond acceptors (Lipinski definition) is 7. The van der Waals surface area contributed by atoms with E-state index in [2.05, 4.69) is 42.8 Å². The summed E-state index contributed by atoms with van der Waals surface area (Å²) in [6, 6.07) is 22.6. The first-order valence-corrected chi connectivity index (χ1v) is 16.1. The summed E-state index contributed by atoms with van der Waals surface area (Å²) in [6.07, 6.45) is 2.22. The second-order valence-electron chi connectivity index (χ2n) is 10.8. The first kappa shape index (κ1) is 34.9. The van der Waals surface area contributed by atoms with Crippen molar-refractivity contribution in [2.75, 3.05) is 57.8 Å². The van der Waals surface area contributed by atoms with Gasteiger partial charge in [0.05, 0.1) is 24.9 Å². The van der Waals surface area contributed by atoms with Crippen LogP contribution in [0.15, 0.2) is 72.8 Å². The summed E-state index contributed by atoms with van der Waals surface area (Å²) in [5.74, 6) is 1.82. The molecule has 0 radical (unpaired) electrons.